The first-order chi connectivity index (χ1) is 9.06. The highest BCUT2D eigenvalue weighted by molar-refractivity contribution is 5.30. The fourth-order valence-corrected chi connectivity index (χ4v) is 1.78. The smallest absolute Gasteiger partial charge is 0.187 e. The largest absolute Gasteiger partial charge is 0.503 e. The van der Waals surface area contributed by atoms with Crippen molar-refractivity contribution in [3.8, 4) is 5.75 Å². The number of hydrogen-bond acceptors (Lipinski definition) is 2. The van der Waals surface area contributed by atoms with E-state index in [9.17, 15) is 8.78 Å². The lowest BCUT2D eigenvalue weighted by Gasteiger charge is -2.07. The Balaban J connectivity index is 1.94. The van der Waals surface area contributed by atoms with Crippen LogP contribution in [0.15, 0.2) is 36.4 Å². The molecule has 0 atom stereocenters. The van der Waals surface area contributed by atoms with Gasteiger partial charge in [-0.2, -0.15) is 0 Å². The van der Waals surface area contributed by atoms with Gasteiger partial charge in [0.05, 0.1) is 0 Å². The zero-order chi connectivity index (χ0) is 13.8. The van der Waals surface area contributed by atoms with E-state index in [1.165, 1.54) is 5.56 Å². The Morgan fingerprint density at radius 3 is 2.05 bits per heavy atom. The minimum absolute atomic E-state index is 0.335. The van der Waals surface area contributed by atoms with Crippen molar-refractivity contribution >= 4 is 0 Å². The number of halogens is 2. The third-order valence-electron chi connectivity index (χ3n) is 2.86. The summed E-state index contributed by atoms with van der Waals surface area (Å²) in [6.07, 6.45) is 0. The molecule has 0 fully saturated rings. The van der Waals surface area contributed by atoms with Crippen molar-refractivity contribution < 1.29 is 13.9 Å². The molecule has 0 saturated heterocycles. The Bertz CT molecular complexity index is 544. The van der Waals surface area contributed by atoms with Gasteiger partial charge < -0.3 is 10.4 Å². The van der Waals surface area contributed by atoms with E-state index in [2.05, 4.69) is 5.32 Å². The lowest BCUT2D eigenvalue weighted by molar-refractivity contribution is 0.395. The average molecular weight is 263 g/mol. The van der Waals surface area contributed by atoms with E-state index in [1.807, 2.05) is 31.2 Å². The van der Waals surface area contributed by atoms with Gasteiger partial charge in [0.2, 0.25) is 0 Å². The Morgan fingerprint density at radius 2 is 1.47 bits per heavy atom. The molecular formula is C15H15F2NO. The summed E-state index contributed by atoms with van der Waals surface area (Å²) in [4.78, 5) is 0. The molecule has 0 saturated carbocycles. The zero-order valence-electron chi connectivity index (χ0n) is 10.6. The van der Waals surface area contributed by atoms with Crippen molar-refractivity contribution in [3.63, 3.8) is 0 Å². The van der Waals surface area contributed by atoms with Crippen LogP contribution in [0.2, 0.25) is 0 Å². The van der Waals surface area contributed by atoms with Crippen LogP contribution in [0.1, 0.15) is 16.7 Å². The molecule has 2 nitrogen and oxygen atoms in total. The molecule has 0 heterocycles. The van der Waals surface area contributed by atoms with Gasteiger partial charge in [0.1, 0.15) is 0 Å². The maximum absolute atomic E-state index is 13.1. The maximum Gasteiger partial charge on any atom is 0.187 e. The fourth-order valence-electron chi connectivity index (χ4n) is 1.78. The molecule has 2 aromatic rings. The molecule has 0 radical (unpaired) electrons. The monoisotopic (exact) mass is 263 g/mol. The topological polar surface area (TPSA) is 32.3 Å². The number of nitrogens with one attached hydrogen (secondary N) is 1. The quantitative estimate of drug-likeness (QED) is 0.887. The molecule has 4 heteroatoms. The Kier molecular flexibility index (Phi) is 4.12. The molecule has 2 aromatic carbocycles. The molecule has 0 aliphatic heterocycles. The van der Waals surface area contributed by atoms with Crippen LogP contribution >= 0.6 is 0 Å². The van der Waals surface area contributed by atoms with Crippen molar-refractivity contribution in [2.45, 2.75) is 20.0 Å². The van der Waals surface area contributed by atoms with E-state index in [-0.39, 0.29) is 0 Å². The van der Waals surface area contributed by atoms with Crippen LogP contribution in [0.4, 0.5) is 8.78 Å². The summed E-state index contributed by atoms with van der Waals surface area (Å²) in [6, 6.07) is 10.3. The summed E-state index contributed by atoms with van der Waals surface area (Å²) in [5.41, 5.74) is 2.75. The lowest BCUT2D eigenvalue weighted by atomic mass is 10.1. The normalized spacial score (nSPS) is 10.7. The van der Waals surface area contributed by atoms with Crippen LogP contribution in [0.5, 0.6) is 5.75 Å². The molecule has 19 heavy (non-hydrogen) atoms. The number of phenols is 1. The van der Waals surface area contributed by atoms with Gasteiger partial charge >= 0.3 is 0 Å². The van der Waals surface area contributed by atoms with Gasteiger partial charge in [-0.3, -0.25) is 0 Å². The van der Waals surface area contributed by atoms with Crippen molar-refractivity contribution in [1.29, 1.82) is 0 Å². The minimum Gasteiger partial charge on any atom is -0.503 e. The van der Waals surface area contributed by atoms with E-state index in [1.54, 1.807) is 0 Å². The molecule has 0 bridgehead atoms. The molecule has 0 spiro atoms. The van der Waals surface area contributed by atoms with E-state index in [0.717, 1.165) is 17.7 Å². The summed E-state index contributed by atoms with van der Waals surface area (Å²) in [5.74, 6) is -2.80. The molecular weight excluding hydrogens is 248 g/mol. The number of hydrogen-bond donors (Lipinski definition) is 2. The van der Waals surface area contributed by atoms with E-state index in [0.29, 0.717) is 18.7 Å². The van der Waals surface area contributed by atoms with Crippen LogP contribution in [-0.2, 0) is 13.1 Å². The molecule has 0 aromatic heterocycles. The molecule has 2 rings (SSSR count). The first-order valence-corrected chi connectivity index (χ1v) is 5.99. The van der Waals surface area contributed by atoms with Gasteiger partial charge in [-0.05, 0) is 30.2 Å². The van der Waals surface area contributed by atoms with Crippen molar-refractivity contribution in [3.05, 3.63) is 64.7 Å². The average Bonchev–Trinajstić information content (AvgIpc) is 2.38. The molecule has 0 amide bonds. The highest BCUT2D eigenvalue weighted by Gasteiger charge is 2.09. The second-order valence-electron chi connectivity index (χ2n) is 4.50. The van der Waals surface area contributed by atoms with Crippen molar-refractivity contribution in [2.75, 3.05) is 0 Å². The minimum atomic E-state index is -0.938. The first kappa shape index (κ1) is 13.5. The molecule has 0 unspecified atom stereocenters. The Hall–Kier alpha value is -1.94. The standard InChI is InChI=1S/C15H15F2NO/c1-10-2-4-11(5-3-10)8-18-9-12-6-13(16)15(19)14(17)7-12/h2-7,18-19H,8-9H2,1H3. The van der Waals surface area contributed by atoms with Crippen LogP contribution in [0, 0.1) is 18.6 Å². The number of benzene rings is 2. The van der Waals surface area contributed by atoms with E-state index < -0.39 is 17.4 Å². The first-order valence-electron chi connectivity index (χ1n) is 5.99. The Morgan fingerprint density at radius 1 is 0.947 bits per heavy atom. The number of aryl methyl sites for hydroxylation is 1. The third kappa shape index (κ3) is 3.51. The number of rotatable bonds is 4. The summed E-state index contributed by atoms with van der Waals surface area (Å²) in [7, 11) is 0. The fraction of sp³-hybridized carbons (Fsp3) is 0.200. The zero-order valence-corrected chi connectivity index (χ0v) is 10.6. The van der Waals surface area contributed by atoms with Crippen LogP contribution in [0.25, 0.3) is 0 Å². The summed E-state index contributed by atoms with van der Waals surface area (Å²) >= 11 is 0. The second-order valence-corrected chi connectivity index (χ2v) is 4.50. The SMILES string of the molecule is Cc1ccc(CNCc2cc(F)c(O)c(F)c2)cc1. The maximum atomic E-state index is 13.1. The van der Waals surface area contributed by atoms with Gasteiger partial charge in [0.15, 0.2) is 17.4 Å². The predicted molar refractivity (Wildman–Crippen MR) is 69.7 cm³/mol. The van der Waals surface area contributed by atoms with Crippen LogP contribution in [0.3, 0.4) is 0 Å². The van der Waals surface area contributed by atoms with Gasteiger partial charge in [0, 0.05) is 13.1 Å². The highest BCUT2D eigenvalue weighted by atomic mass is 19.1. The number of aromatic hydroxyl groups is 1. The molecule has 100 valence electrons. The van der Waals surface area contributed by atoms with E-state index in [4.69, 9.17) is 5.11 Å². The van der Waals surface area contributed by atoms with Crippen molar-refractivity contribution in [2.24, 2.45) is 0 Å². The Labute approximate surface area is 110 Å². The lowest BCUT2D eigenvalue weighted by Crippen LogP contribution is -2.13. The van der Waals surface area contributed by atoms with Gasteiger partial charge in [-0.25, -0.2) is 8.78 Å². The summed E-state index contributed by atoms with van der Waals surface area (Å²) in [6.45, 7) is 2.96. The van der Waals surface area contributed by atoms with E-state index >= 15 is 0 Å². The number of phenolic OH excluding ortho intramolecular Hbond substituents is 1. The third-order valence-corrected chi connectivity index (χ3v) is 2.86. The summed E-state index contributed by atoms with van der Waals surface area (Å²) in [5, 5.41) is 12.1. The van der Waals surface area contributed by atoms with Crippen LogP contribution < -0.4 is 5.32 Å². The van der Waals surface area contributed by atoms with Gasteiger partial charge in [0.25, 0.3) is 0 Å². The second kappa shape index (κ2) is 5.80. The molecule has 0 aliphatic carbocycles. The van der Waals surface area contributed by atoms with Gasteiger partial charge in [-0.1, -0.05) is 29.8 Å². The van der Waals surface area contributed by atoms with Crippen LogP contribution in [-0.4, -0.2) is 5.11 Å². The predicted octanol–water partition coefficient (Wildman–Crippen LogP) is 3.27. The molecule has 2 N–H and O–H groups in total. The highest BCUT2D eigenvalue weighted by Crippen LogP contribution is 2.21. The molecule has 0 aliphatic rings. The van der Waals surface area contributed by atoms with Gasteiger partial charge in [-0.15, -0.1) is 0 Å². The summed E-state index contributed by atoms with van der Waals surface area (Å²) < 4.78 is 26.2. The van der Waals surface area contributed by atoms with Crippen molar-refractivity contribution in [1.82, 2.24) is 5.32 Å².